The van der Waals surface area contributed by atoms with Gasteiger partial charge < -0.3 is 9.47 Å². The van der Waals surface area contributed by atoms with E-state index in [1.54, 1.807) is 42.5 Å². The molecular formula is C23H14Cl3NO3. The minimum absolute atomic E-state index is 0.144. The number of nitrogens with zero attached hydrogens (tertiary/aromatic N) is 1. The van der Waals surface area contributed by atoms with Gasteiger partial charge in [0.1, 0.15) is 6.61 Å². The van der Waals surface area contributed by atoms with Crippen LogP contribution < -0.4 is 4.74 Å². The van der Waals surface area contributed by atoms with E-state index in [1.807, 2.05) is 30.3 Å². The van der Waals surface area contributed by atoms with Crippen molar-refractivity contribution in [3.63, 3.8) is 0 Å². The van der Waals surface area contributed by atoms with Gasteiger partial charge in [0.2, 0.25) is 5.90 Å². The van der Waals surface area contributed by atoms with Gasteiger partial charge in [-0.25, -0.2) is 9.79 Å². The van der Waals surface area contributed by atoms with Crippen molar-refractivity contribution in [2.45, 2.75) is 6.61 Å². The summed E-state index contributed by atoms with van der Waals surface area (Å²) < 4.78 is 11.0. The molecule has 0 saturated heterocycles. The summed E-state index contributed by atoms with van der Waals surface area (Å²) in [5.74, 6) is 0.0308. The molecule has 0 unspecified atom stereocenters. The van der Waals surface area contributed by atoms with Crippen molar-refractivity contribution in [3.05, 3.63) is 104 Å². The lowest BCUT2D eigenvalue weighted by Crippen LogP contribution is -2.05. The van der Waals surface area contributed by atoms with Crippen molar-refractivity contribution in [1.29, 1.82) is 0 Å². The highest BCUT2D eigenvalue weighted by Crippen LogP contribution is 2.36. The van der Waals surface area contributed by atoms with E-state index in [0.29, 0.717) is 38.6 Å². The van der Waals surface area contributed by atoms with E-state index in [4.69, 9.17) is 44.3 Å². The number of esters is 1. The number of ether oxygens (including phenoxy) is 2. The van der Waals surface area contributed by atoms with Crippen molar-refractivity contribution in [3.8, 4) is 5.75 Å². The van der Waals surface area contributed by atoms with E-state index >= 15 is 0 Å². The molecule has 0 fully saturated rings. The molecule has 3 aromatic rings. The van der Waals surface area contributed by atoms with Crippen molar-refractivity contribution < 1.29 is 14.3 Å². The second kappa shape index (κ2) is 8.92. The normalized spacial score (nSPS) is 14.6. The third-order valence-corrected chi connectivity index (χ3v) is 5.08. The molecule has 3 aromatic carbocycles. The van der Waals surface area contributed by atoms with Crippen LogP contribution in [0.4, 0.5) is 0 Å². The first-order valence-electron chi connectivity index (χ1n) is 8.94. The van der Waals surface area contributed by atoms with Crippen LogP contribution in [-0.2, 0) is 16.1 Å². The molecule has 0 saturated carbocycles. The van der Waals surface area contributed by atoms with Crippen LogP contribution in [0.25, 0.3) is 6.08 Å². The summed E-state index contributed by atoms with van der Waals surface area (Å²) in [5, 5.41) is 1.25. The predicted molar refractivity (Wildman–Crippen MR) is 119 cm³/mol. The highest BCUT2D eigenvalue weighted by Gasteiger charge is 2.24. The minimum Gasteiger partial charge on any atom is -0.486 e. The highest BCUT2D eigenvalue weighted by molar-refractivity contribution is 6.37. The number of carbonyl (C=O) groups is 1. The van der Waals surface area contributed by atoms with E-state index in [1.165, 1.54) is 0 Å². The van der Waals surface area contributed by atoms with Gasteiger partial charge in [-0.1, -0.05) is 65.1 Å². The molecule has 1 aliphatic heterocycles. The predicted octanol–water partition coefficient (Wildman–Crippen LogP) is 6.57. The summed E-state index contributed by atoms with van der Waals surface area (Å²) in [5.41, 5.74) is 2.39. The number of hydrogen-bond donors (Lipinski definition) is 0. The van der Waals surface area contributed by atoms with E-state index in [-0.39, 0.29) is 11.6 Å². The first-order valence-corrected chi connectivity index (χ1v) is 10.1. The molecule has 1 aliphatic rings. The lowest BCUT2D eigenvalue weighted by Gasteiger charge is -2.11. The number of rotatable bonds is 5. The molecular weight excluding hydrogens is 445 g/mol. The van der Waals surface area contributed by atoms with Gasteiger partial charge in [0.25, 0.3) is 0 Å². The van der Waals surface area contributed by atoms with Crippen LogP contribution >= 0.6 is 34.8 Å². The maximum atomic E-state index is 12.2. The first kappa shape index (κ1) is 20.5. The van der Waals surface area contributed by atoms with Gasteiger partial charge in [-0.15, -0.1) is 0 Å². The Labute approximate surface area is 188 Å². The molecule has 0 amide bonds. The largest absolute Gasteiger partial charge is 0.486 e. The summed E-state index contributed by atoms with van der Waals surface area (Å²) in [6, 6.07) is 19.8. The van der Waals surface area contributed by atoms with E-state index in [2.05, 4.69) is 4.99 Å². The Kier molecular flexibility index (Phi) is 6.09. The second-order valence-corrected chi connectivity index (χ2v) is 7.68. The molecule has 4 rings (SSSR count). The lowest BCUT2D eigenvalue weighted by molar-refractivity contribution is -0.129. The SMILES string of the molecule is O=C1OC(c2ccc(Cl)cc2)=N/C1=C/c1cc(Cl)c(OCc2ccccc2)c(Cl)c1. The summed E-state index contributed by atoms with van der Waals surface area (Å²) in [6.07, 6.45) is 1.56. The van der Waals surface area contributed by atoms with Crippen LogP contribution in [0.1, 0.15) is 16.7 Å². The van der Waals surface area contributed by atoms with Crippen LogP contribution in [0.3, 0.4) is 0 Å². The van der Waals surface area contributed by atoms with Crippen LogP contribution in [0.2, 0.25) is 15.1 Å². The topological polar surface area (TPSA) is 47.9 Å². The average molecular weight is 459 g/mol. The zero-order valence-corrected chi connectivity index (χ0v) is 17.7. The van der Waals surface area contributed by atoms with Gasteiger partial charge in [0, 0.05) is 10.6 Å². The summed E-state index contributed by atoms with van der Waals surface area (Å²) >= 11 is 18.6. The maximum absolute atomic E-state index is 12.2. The van der Waals surface area contributed by atoms with E-state index in [9.17, 15) is 4.79 Å². The number of cyclic esters (lactones) is 1. The summed E-state index contributed by atoms with van der Waals surface area (Å²) in [7, 11) is 0. The van der Waals surface area contributed by atoms with E-state index < -0.39 is 5.97 Å². The van der Waals surface area contributed by atoms with Gasteiger partial charge in [-0.05, 0) is 53.6 Å². The molecule has 0 radical (unpaired) electrons. The molecule has 0 N–H and O–H groups in total. The van der Waals surface area contributed by atoms with Gasteiger partial charge in [-0.2, -0.15) is 0 Å². The van der Waals surface area contributed by atoms with Crippen LogP contribution in [0, 0.1) is 0 Å². The standard InChI is InChI=1S/C23H14Cl3NO3/c24-17-8-6-16(7-9-17)22-27-20(23(28)30-22)12-15-10-18(25)21(19(26)11-15)29-13-14-4-2-1-3-5-14/h1-12H,13H2/b20-12+. The molecule has 0 bridgehead atoms. The zero-order valence-electron chi connectivity index (χ0n) is 15.4. The molecule has 0 spiro atoms. The lowest BCUT2D eigenvalue weighted by atomic mass is 10.2. The Balaban J connectivity index is 1.56. The van der Waals surface area contributed by atoms with Crippen molar-refractivity contribution >= 4 is 52.7 Å². The van der Waals surface area contributed by atoms with Gasteiger partial charge in [0.15, 0.2) is 11.4 Å². The Bertz CT molecular complexity index is 1130. The van der Waals surface area contributed by atoms with E-state index in [0.717, 1.165) is 5.56 Å². The van der Waals surface area contributed by atoms with Crippen molar-refractivity contribution in [1.82, 2.24) is 0 Å². The molecule has 30 heavy (non-hydrogen) atoms. The minimum atomic E-state index is -0.559. The Morgan fingerprint density at radius 1 is 0.933 bits per heavy atom. The molecule has 0 aromatic heterocycles. The molecule has 0 atom stereocenters. The fraction of sp³-hybridized carbons (Fsp3) is 0.0435. The molecule has 4 nitrogen and oxygen atoms in total. The van der Waals surface area contributed by atoms with Gasteiger partial charge >= 0.3 is 5.97 Å². The zero-order chi connectivity index (χ0) is 21.1. The maximum Gasteiger partial charge on any atom is 0.363 e. The first-order chi connectivity index (χ1) is 14.5. The summed E-state index contributed by atoms with van der Waals surface area (Å²) in [6.45, 7) is 0.335. The van der Waals surface area contributed by atoms with Crippen molar-refractivity contribution in [2.75, 3.05) is 0 Å². The third-order valence-electron chi connectivity index (χ3n) is 4.26. The number of hydrogen-bond acceptors (Lipinski definition) is 4. The van der Waals surface area contributed by atoms with Crippen LogP contribution in [-0.4, -0.2) is 11.9 Å². The monoisotopic (exact) mass is 457 g/mol. The average Bonchev–Trinajstić information content (AvgIpc) is 3.09. The smallest absolute Gasteiger partial charge is 0.363 e. The number of carbonyl (C=O) groups excluding carboxylic acids is 1. The fourth-order valence-electron chi connectivity index (χ4n) is 2.81. The molecule has 150 valence electrons. The number of halogens is 3. The molecule has 0 aliphatic carbocycles. The highest BCUT2D eigenvalue weighted by atomic mass is 35.5. The second-order valence-electron chi connectivity index (χ2n) is 6.43. The third kappa shape index (κ3) is 4.68. The summed E-state index contributed by atoms with van der Waals surface area (Å²) in [4.78, 5) is 16.5. The number of benzene rings is 3. The fourth-order valence-corrected chi connectivity index (χ4v) is 3.55. The quantitative estimate of drug-likeness (QED) is 0.321. The number of aliphatic imine (C=N–C) groups is 1. The van der Waals surface area contributed by atoms with Crippen LogP contribution in [0.5, 0.6) is 5.75 Å². The Morgan fingerprint density at radius 2 is 1.60 bits per heavy atom. The van der Waals surface area contributed by atoms with Gasteiger partial charge in [0.05, 0.1) is 10.0 Å². The van der Waals surface area contributed by atoms with Crippen molar-refractivity contribution in [2.24, 2.45) is 4.99 Å². The van der Waals surface area contributed by atoms with Gasteiger partial charge in [-0.3, -0.25) is 0 Å². The molecule has 1 heterocycles. The van der Waals surface area contributed by atoms with Crippen LogP contribution in [0.15, 0.2) is 77.4 Å². The Hall–Kier alpha value is -2.79. The molecule has 7 heteroatoms. The Morgan fingerprint density at radius 3 is 2.27 bits per heavy atom.